The van der Waals surface area contributed by atoms with Crippen molar-refractivity contribution < 1.29 is 17.9 Å². The maximum absolute atomic E-state index is 12.6. The number of benzene rings is 1. The third-order valence-electron chi connectivity index (χ3n) is 5.02. The van der Waals surface area contributed by atoms with Gasteiger partial charge in [-0.1, -0.05) is 13.3 Å². The highest BCUT2D eigenvalue weighted by molar-refractivity contribution is 7.89. The van der Waals surface area contributed by atoms with E-state index in [0.717, 1.165) is 23.9 Å². The number of carbonyl (C=O) groups is 1. The third kappa shape index (κ3) is 4.30. The van der Waals surface area contributed by atoms with E-state index in [4.69, 9.17) is 9.88 Å². The van der Waals surface area contributed by atoms with E-state index in [1.807, 2.05) is 29.8 Å². The summed E-state index contributed by atoms with van der Waals surface area (Å²) >= 11 is 0. The van der Waals surface area contributed by atoms with Gasteiger partial charge < -0.3 is 13.7 Å². The van der Waals surface area contributed by atoms with Crippen LogP contribution in [0, 0.1) is 6.92 Å². The molecule has 2 N–H and O–H groups in total. The second-order valence-electron chi connectivity index (χ2n) is 7.40. The van der Waals surface area contributed by atoms with Crippen LogP contribution in [-0.2, 0) is 27.9 Å². The van der Waals surface area contributed by atoms with Gasteiger partial charge in [0.1, 0.15) is 18.1 Å². The molecule has 3 heterocycles. The zero-order chi connectivity index (χ0) is 22.2. The first-order valence-corrected chi connectivity index (χ1v) is 11.5. The molecule has 0 bridgehead atoms. The molecule has 0 aliphatic carbocycles. The predicted molar refractivity (Wildman–Crippen MR) is 115 cm³/mol. The number of sulfonamides is 1. The van der Waals surface area contributed by atoms with Gasteiger partial charge in [0.15, 0.2) is 5.69 Å². The van der Waals surface area contributed by atoms with Gasteiger partial charge in [-0.05, 0) is 49.2 Å². The molecule has 0 amide bonds. The quantitative estimate of drug-likeness (QED) is 0.440. The molecule has 31 heavy (non-hydrogen) atoms. The molecule has 0 aliphatic rings. The van der Waals surface area contributed by atoms with Gasteiger partial charge in [-0.2, -0.15) is 0 Å². The van der Waals surface area contributed by atoms with Crippen LogP contribution in [0.4, 0.5) is 0 Å². The van der Waals surface area contributed by atoms with Crippen LogP contribution in [0.3, 0.4) is 0 Å². The van der Waals surface area contributed by atoms with E-state index in [1.165, 1.54) is 12.1 Å². The molecule has 0 saturated heterocycles. The Morgan fingerprint density at radius 1 is 1.19 bits per heavy atom. The number of aryl methyl sites for hydroxylation is 2. The number of pyridine rings is 1. The van der Waals surface area contributed by atoms with E-state index >= 15 is 0 Å². The number of primary sulfonamides is 1. The Hall–Kier alpha value is -3.24. The van der Waals surface area contributed by atoms with Crippen LogP contribution in [0.25, 0.3) is 16.7 Å². The molecule has 3 aromatic heterocycles. The fourth-order valence-corrected chi connectivity index (χ4v) is 3.93. The fourth-order valence-electron chi connectivity index (χ4n) is 3.40. The second-order valence-corrected chi connectivity index (χ2v) is 8.96. The summed E-state index contributed by atoms with van der Waals surface area (Å²) in [6, 6.07) is 8.37. The topological polar surface area (TPSA) is 122 Å². The minimum atomic E-state index is -3.84. The first-order valence-electron chi connectivity index (χ1n) is 9.90. The van der Waals surface area contributed by atoms with E-state index in [-0.39, 0.29) is 17.2 Å². The zero-order valence-corrected chi connectivity index (χ0v) is 18.1. The Morgan fingerprint density at radius 3 is 2.74 bits per heavy atom. The van der Waals surface area contributed by atoms with Crippen LogP contribution in [0.2, 0.25) is 0 Å². The molecule has 0 spiro atoms. The maximum Gasteiger partial charge on any atom is 0.359 e. The molecular weight excluding hydrogens is 418 g/mol. The first kappa shape index (κ1) is 21.0. The number of ether oxygens (including phenoxy) is 1. The number of unbranched alkanes of at least 4 members (excludes halogenated alkanes) is 1. The minimum absolute atomic E-state index is 0.0105. The van der Waals surface area contributed by atoms with Crippen LogP contribution < -0.4 is 5.14 Å². The number of rotatable bonds is 7. The molecule has 1 aromatic carbocycles. The molecule has 162 valence electrons. The number of fused-ring (bicyclic) bond motifs is 2. The van der Waals surface area contributed by atoms with Gasteiger partial charge in [0.25, 0.3) is 0 Å². The highest BCUT2D eigenvalue weighted by atomic mass is 32.2. The summed E-state index contributed by atoms with van der Waals surface area (Å²) in [5.41, 5.74) is 3.16. The van der Waals surface area contributed by atoms with Crippen molar-refractivity contribution in [3.8, 4) is 0 Å². The molecule has 10 heteroatoms. The van der Waals surface area contributed by atoms with Crippen LogP contribution in [0.15, 0.2) is 47.6 Å². The molecule has 0 saturated carbocycles. The zero-order valence-electron chi connectivity index (χ0n) is 17.3. The lowest BCUT2D eigenvalue weighted by atomic mass is 10.3. The average molecular weight is 442 g/mol. The third-order valence-corrected chi connectivity index (χ3v) is 5.93. The van der Waals surface area contributed by atoms with Gasteiger partial charge >= 0.3 is 5.97 Å². The summed E-state index contributed by atoms with van der Waals surface area (Å²) in [7, 11) is -3.84. The molecule has 4 aromatic rings. The van der Waals surface area contributed by atoms with E-state index in [2.05, 4.69) is 16.9 Å². The summed E-state index contributed by atoms with van der Waals surface area (Å²) in [5, 5.41) is 5.24. The Kier molecular flexibility index (Phi) is 5.50. The molecule has 0 fully saturated rings. The van der Waals surface area contributed by atoms with Gasteiger partial charge in [-0.15, -0.1) is 0 Å². The molecule has 0 radical (unpaired) electrons. The van der Waals surface area contributed by atoms with Gasteiger partial charge in [-0.3, -0.25) is 0 Å². The number of hydrogen-bond acceptors (Lipinski definition) is 6. The fraction of sp³-hybridized carbons (Fsp3) is 0.286. The predicted octanol–water partition coefficient (Wildman–Crippen LogP) is 2.80. The lowest BCUT2D eigenvalue weighted by Crippen LogP contribution is -2.12. The highest BCUT2D eigenvalue weighted by Crippen LogP contribution is 2.22. The number of esters is 1. The van der Waals surface area contributed by atoms with Gasteiger partial charge in [0.2, 0.25) is 10.0 Å². The Labute approximate surface area is 179 Å². The number of hydrogen-bond donors (Lipinski definition) is 1. The maximum atomic E-state index is 12.6. The summed E-state index contributed by atoms with van der Waals surface area (Å²) in [6.45, 7) is 4.63. The monoisotopic (exact) mass is 441 g/mol. The normalized spacial score (nSPS) is 12.0. The van der Waals surface area contributed by atoms with Crippen molar-refractivity contribution in [2.24, 2.45) is 5.14 Å². The molecule has 0 aliphatic heterocycles. The SMILES string of the molecule is CCCCn1c(COC(=O)c2cn3ccc(C)cc3n2)nc2cc(S(N)(=O)=O)ccc21. The second kappa shape index (κ2) is 8.12. The van der Waals surface area contributed by atoms with E-state index < -0.39 is 16.0 Å². The molecule has 4 rings (SSSR count). The number of carbonyl (C=O) groups excluding carboxylic acids is 1. The van der Waals surface area contributed by atoms with Gasteiger partial charge in [-0.25, -0.2) is 28.3 Å². The van der Waals surface area contributed by atoms with Crippen molar-refractivity contribution in [2.75, 3.05) is 0 Å². The first-order chi connectivity index (χ1) is 14.8. The van der Waals surface area contributed by atoms with E-state index in [9.17, 15) is 13.2 Å². The Bertz CT molecular complexity index is 1390. The highest BCUT2D eigenvalue weighted by Gasteiger charge is 2.18. The van der Waals surface area contributed by atoms with Crippen molar-refractivity contribution in [1.82, 2.24) is 18.9 Å². The molecular formula is C21H23N5O4S. The van der Waals surface area contributed by atoms with Crippen molar-refractivity contribution in [2.45, 2.75) is 44.7 Å². The van der Waals surface area contributed by atoms with Crippen molar-refractivity contribution in [3.05, 3.63) is 59.8 Å². The molecule has 0 unspecified atom stereocenters. The number of imidazole rings is 2. The van der Waals surface area contributed by atoms with Crippen molar-refractivity contribution >= 4 is 32.7 Å². The van der Waals surface area contributed by atoms with E-state index in [0.29, 0.717) is 23.5 Å². The van der Waals surface area contributed by atoms with Crippen molar-refractivity contribution in [1.29, 1.82) is 0 Å². The summed E-state index contributed by atoms with van der Waals surface area (Å²) in [5.74, 6) is -0.0244. The van der Waals surface area contributed by atoms with Crippen LogP contribution in [-0.4, -0.2) is 33.3 Å². The number of aromatic nitrogens is 4. The minimum Gasteiger partial charge on any atom is -0.453 e. The number of nitrogens with zero attached hydrogens (tertiary/aromatic N) is 4. The Morgan fingerprint density at radius 2 is 2.00 bits per heavy atom. The Balaban J connectivity index is 1.61. The van der Waals surface area contributed by atoms with Crippen LogP contribution in [0.1, 0.15) is 41.6 Å². The standard InChI is InChI=1S/C21H23N5O4S/c1-3-4-8-26-18-6-5-15(31(22,28)29)11-16(18)23-20(26)13-30-21(27)17-12-25-9-7-14(2)10-19(25)24-17/h5-7,9-12H,3-4,8,13H2,1-2H3,(H2,22,28,29). The van der Waals surface area contributed by atoms with Crippen LogP contribution in [0.5, 0.6) is 0 Å². The molecule has 0 atom stereocenters. The lowest BCUT2D eigenvalue weighted by Gasteiger charge is -2.09. The lowest BCUT2D eigenvalue weighted by molar-refractivity contribution is 0.0452. The largest absolute Gasteiger partial charge is 0.453 e. The average Bonchev–Trinajstić information content (AvgIpc) is 3.29. The van der Waals surface area contributed by atoms with Gasteiger partial charge in [0.05, 0.1) is 15.9 Å². The molecule has 9 nitrogen and oxygen atoms in total. The summed E-state index contributed by atoms with van der Waals surface area (Å²) in [6.07, 6.45) is 5.32. The van der Waals surface area contributed by atoms with Crippen LogP contribution >= 0.6 is 0 Å². The van der Waals surface area contributed by atoms with E-state index in [1.54, 1.807) is 16.7 Å². The summed E-state index contributed by atoms with van der Waals surface area (Å²) in [4.78, 5) is 21.4. The van der Waals surface area contributed by atoms with Gasteiger partial charge in [0, 0.05) is 18.9 Å². The number of nitrogens with two attached hydrogens (primary N) is 1. The van der Waals surface area contributed by atoms with Crippen molar-refractivity contribution in [3.63, 3.8) is 0 Å². The summed E-state index contributed by atoms with van der Waals surface area (Å²) < 4.78 is 32.5. The smallest absolute Gasteiger partial charge is 0.359 e.